The third-order valence-corrected chi connectivity index (χ3v) is 3.38. The lowest BCUT2D eigenvalue weighted by Crippen LogP contribution is -2.34. The molecule has 0 atom stereocenters. The number of benzene rings is 1. The van der Waals surface area contributed by atoms with Crippen LogP contribution in [0, 0.1) is 6.92 Å². The number of Topliss-reactive ketones (excluding diaryl/α,β-unsaturated/α-hetero) is 1. The topological polar surface area (TPSA) is 17.1 Å². The van der Waals surface area contributed by atoms with Crippen molar-refractivity contribution in [1.82, 2.24) is 0 Å². The first-order valence-electron chi connectivity index (χ1n) is 5.16. The van der Waals surface area contributed by atoms with Crippen molar-refractivity contribution < 1.29 is 4.79 Å². The van der Waals surface area contributed by atoms with Crippen LogP contribution in [0.1, 0.15) is 37.0 Å². The van der Waals surface area contributed by atoms with E-state index in [9.17, 15) is 4.79 Å². The van der Waals surface area contributed by atoms with Crippen LogP contribution in [0.2, 0.25) is 0 Å². The fraction of sp³-hybridized carbons (Fsp3) is 0.462. The Balaban J connectivity index is 2.64. The van der Waals surface area contributed by atoms with Crippen LogP contribution in [0.15, 0.2) is 18.2 Å². The van der Waals surface area contributed by atoms with Gasteiger partial charge in [-0.3, -0.25) is 4.79 Å². The highest BCUT2D eigenvalue weighted by molar-refractivity contribution is 5.91. The second kappa shape index (κ2) is 2.94. The van der Waals surface area contributed by atoms with E-state index >= 15 is 0 Å². The highest BCUT2D eigenvalue weighted by atomic mass is 16.1. The predicted octanol–water partition coefficient (Wildman–Crippen LogP) is 2.79. The summed E-state index contributed by atoms with van der Waals surface area (Å²) in [6, 6.07) is 6.28. The average molecular weight is 188 g/mol. The van der Waals surface area contributed by atoms with Gasteiger partial charge in [-0.15, -0.1) is 0 Å². The Hall–Kier alpha value is -1.11. The Labute approximate surface area is 85.1 Å². The summed E-state index contributed by atoms with van der Waals surface area (Å²) in [6.45, 7) is 6.20. The quantitative estimate of drug-likeness (QED) is 0.612. The predicted molar refractivity (Wildman–Crippen MR) is 57.5 cm³/mol. The number of aryl methyl sites for hydroxylation is 1. The maximum Gasteiger partial charge on any atom is 0.143 e. The number of carbonyl (C=O) groups excluding carboxylic acids is 1. The zero-order valence-electron chi connectivity index (χ0n) is 9.05. The van der Waals surface area contributed by atoms with Gasteiger partial charge in [-0.2, -0.15) is 0 Å². The molecule has 14 heavy (non-hydrogen) atoms. The van der Waals surface area contributed by atoms with E-state index in [1.165, 1.54) is 16.7 Å². The number of ketones is 1. The van der Waals surface area contributed by atoms with E-state index < -0.39 is 0 Å². The van der Waals surface area contributed by atoms with Gasteiger partial charge in [0, 0.05) is 11.8 Å². The van der Waals surface area contributed by atoms with Crippen LogP contribution in [0.25, 0.3) is 0 Å². The Morgan fingerprint density at radius 2 is 1.93 bits per heavy atom. The summed E-state index contributed by atoms with van der Waals surface area (Å²) in [5, 5.41) is 0. The number of fused-ring (bicyclic) bond motifs is 1. The number of rotatable bonds is 0. The van der Waals surface area contributed by atoms with Crippen molar-refractivity contribution in [2.24, 2.45) is 0 Å². The van der Waals surface area contributed by atoms with Gasteiger partial charge in [0.25, 0.3) is 0 Å². The van der Waals surface area contributed by atoms with Crippen molar-refractivity contribution in [1.29, 1.82) is 0 Å². The van der Waals surface area contributed by atoms with Gasteiger partial charge in [0.2, 0.25) is 0 Å². The van der Waals surface area contributed by atoms with Crippen molar-refractivity contribution in [2.75, 3.05) is 0 Å². The minimum absolute atomic E-state index is 0.278. The summed E-state index contributed by atoms with van der Waals surface area (Å²) in [5.41, 5.74) is 3.66. The molecule has 0 spiro atoms. The fourth-order valence-corrected chi connectivity index (χ4v) is 2.32. The van der Waals surface area contributed by atoms with Crippen LogP contribution in [0.3, 0.4) is 0 Å². The molecule has 1 aromatic carbocycles. The molecular formula is C13H16O. The number of hydrogen-bond acceptors (Lipinski definition) is 1. The number of carbonyl (C=O) groups is 1. The van der Waals surface area contributed by atoms with Crippen molar-refractivity contribution in [2.45, 2.75) is 39.0 Å². The lowest BCUT2D eigenvalue weighted by atomic mass is 9.71. The third-order valence-electron chi connectivity index (χ3n) is 3.38. The molecule has 0 aromatic heterocycles. The largest absolute Gasteiger partial charge is 0.299 e. The first-order chi connectivity index (χ1) is 6.53. The van der Waals surface area contributed by atoms with Crippen LogP contribution in [0.4, 0.5) is 0 Å². The Morgan fingerprint density at radius 3 is 2.64 bits per heavy atom. The average Bonchev–Trinajstić information content (AvgIpc) is 2.13. The minimum Gasteiger partial charge on any atom is -0.299 e. The first kappa shape index (κ1) is 9.45. The third kappa shape index (κ3) is 1.19. The lowest BCUT2D eigenvalue weighted by molar-refractivity contribution is -0.124. The monoisotopic (exact) mass is 188 g/mol. The van der Waals surface area contributed by atoms with Crippen LogP contribution in [-0.2, 0) is 16.6 Å². The van der Waals surface area contributed by atoms with E-state index in [0.717, 1.165) is 6.42 Å². The minimum atomic E-state index is -0.278. The molecule has 1 nitrogen and oxygen atoms in total. The van der Waals surface area contributed by atoms with Crippen molar-refractivity contribution >= 4 is 5.78 Å². The van der Waals surface area contributed by atoms with E-state index in [4.69, 9.17) is 0 Å². The van der Waals surface area contributed by atoms with Crippen LogP contribution >= 0.6 is 0 Å². The van der Waals surface area contributed by atoms with E-state index in [1.54, 1.807) is 0 Å². The second-order valence-corrected chi connectivity index (χ2v) is 4.65. The zero-order chi connectivity index (χ0) is 10.3. The SMILES string of the molecule is Cc1cccc2c1CCC(=O)C2(C)C. The fourth-order valence-electron chi connectivity index (χ4n) is 2.32. The molecule has 1 aliphatic carbocycles. The summed E-state index contributed by atoms with van der Waals surface area (Å²) < 4.78 is 0. The van der Waals surface area contributed by atoms with Gasteiger partial charge in [0.15, 0.2) is 0 Å². The van der Waals surface area contributed by atoms with E-state index in [-0.39, 0.29) is 5.41 Å². The molecule has 0 saturated heterocycles. The molecule has 0 N–H and O–H groups in total. The summed E-state index contributed by atoms with van der Waals surface area (Å²) >= 11 is 0. The molecule has 0 unspecified atom stereocenters. The molecule has 0 aliphatic heterocycles. The maximum atomic E-state index is 11.8. The normalized spacial score (nSPS) is 19.2. The van der Waals surface area contributed by atoms with E-state index in [0.29, 0.717) is 12.2 Å². The maximum absolute atomic E-state index is 11.8. The summed E-state index contributed by atoms with van der Waals surface area (Å²) in [7, 11) is 0. The van der Waals surface area contributed by atoms with Crippen LogP contribution in [-0.4, -0.2) is 5.78 Å². The second-order valence-electron chi connectivity index (χ2n) is 4.65. The molecule has 74 valence electrons. The molecule has 0 radical (unpaired) electrons. The van der Waals surface area contributed by atoms with Gasteiger partial charge >= 0.3 is 0 Å². The molecular weight excluding hydrogens is 172 g/mol. The van der Waals surface area contributed by atoms with Gasteiger partial charge in [-0.05, 0) is 43.9 Å². The van der Waals surface area contributed by atoms with Crippen LogP contribution in [0.5, 0.6) is 0 Å². The molecule has 0 bridgehead atoms. The van der Waals surface area contributed by atoms with Gasteiger partial charge in [-0.1, -0.05) is 18.2 Å². The molecule has 0 amide bonds. The van der Waals surface area contributed by atoms with Gasteiger partial charge < -0.3 is 0 Å². The summed E-state index contributed by atoms with van der Waals surface area (Å²) in [4.78, 5) is 11.8. The first-order valence-corrected chi connectivity index (χ1v) is 5.16. The van der Waals surface area contributed by atoms with Crippen molar-refractivity contribution in [3.8, 4) is 0 Å². The summed E-state index contributed by atoms with van der Waals surface area (Å²) in [5.74, 6) is 0.371. The smallest absolute Gasteiger partial charge is 0.143 e. The molecule has 1 aliphatic rings. The number of hydrogen-bond donors (Lipinski definition) is 0. The molecule has 0 saturated carbocycles. The molecule has 1 aromatic rings. The van der Waals surface area contributed by atoms with Gasteiger partial charge in [0.05, 0.1) is 0 Å². The highest BCUT2D eigenvalue weighted by Crippen LogP contribution is 2.35. The van der Waals surface area contributed by atoms with E-state index in [1.807, 2.05) is 13.8 Å². The standard InChI is InChI=1S/C13H16O/c1-9-5-4-6-11-10(9)7-8-12(14)13(11,2)3/h4-6H,7-8H2,1-3H3. The van der Waals surface area contributed by atoms with Crippen LogP contribution < -0.4 is 0 Å². The summed E-state index contributed by atoms with van der Waals surface area (Å²) in [6.07, 6.45) is 1.62. The molecule has 0 heterocycles. The van der Waals surface area contributed by atoms with E-state index in [2.05, 4.69) is 25.1 Å². The van der Waals surface area contributed by atoms with Crippen molar-refractivity contribution in [3.05, 3.63) is 34.9 Å². The Morgan fingerprint density at radius 1 is 1.21 bits per heavy atom. The zero-order valence-corrected chi connectivity index (χ0v) is 9.05. The highest BCUT2D eigenvalue weighted by Gasteiger charge is 2.35. The molecule has 1 heteroatoms. The Bertz CT molecular complexity index is 388. The van der Waals surface area contributed by atoms with Gasteiger partial charge in [0.1, 0.15) is 5.78 Å². The van der Waals surface area contributed by atoms with Crippen molar-refractivity contribution in [3.63, 3.8) is 0 Å². The molecule has 2 rings (SSSR count). The Kier molecular flexibility index (Phi) is 1.99. The van der Waals surface area contributed by atoms with Gasteiger partial charge in [-0.25, -0.2) is 0 Å². The lowest BCUT2D eigenvalue weighted by Gasteiger charge is -2.31. The molecule has 0 fully saturated rings.